The molecule has 2 aromatic rings. The van der Waals surface area contributed by atoms with Crippen molar-refractivity contribution >= 4 is 5.91 Å². The van der Waals surface area contributed by atoms with Crippen LogP contribution in [0.15, 0.2) is 54.6 Å². The van der Waals surface area contributed by atoms with E-state index >= 15 is 0 Å². The van der Waals surface area contributed by atoms with Crippen molar-refractivity contribution in [3.63, 3.8) is 0 Å². The predicted octanol–water partition coefficient (Wildman–Crippen LogP) is 2.32. The zero-order valence-electron chi connectivity index (χ0n) is 12.1. The number of carbonyl (C=O) groups is 1. The number of rotatable bonds is 2. The summed E-state index contributed by atoms with van der Waals surface area (Å²) in [4.78, 5) is 12.2. The van der Waals surface area contributed by atoms with Gasteiger partial charge < -0.3 is 4.74 Å². The standard InChI is InChI=1S/C18H18N2O2/c19-20-18(21)14-10-13-12-8-4-5-9-15(12)22-17(13)16(14)11-6-2-1-3-7-11/h1-9,13-14,16-17H,10,19H2,(H,20,21). The van der Waals surface area contributed by atoms with Gasteiger partial charge in [0.05, 0.1) is 5.92 Å². The first-order chi connectivity index (χ1) is 10.8. The maximum Gasteiger partial charge on any atom is 0.237 e. The van der Waals surface area contributed by atoms with Crippen LogP contribution in [-0.2, 0) is 4.79 Å². The van der Waals surface area contributed by atoms with Gasteiger partial charge in [-0.15, -0.1) is 0 Å². The molecule has 4 heteroatoms. The number of nitrogens with one attached hydrogen (secondary N) is 1. The molecular formula is C18H18N2O2. The van der Waals surface area contributed by atoms with Gasteiger partial charge in [-0.05, 0) is 18.1 Å². The summed E-state index contributed by atoms with van der Waals surface area (Å²) in [6.07, 6.45) is 0.770. The highest BCUT2D eigenvalue weighted by Crippen LogP contribution is 2.55. The van der Waals surface area contributed by atoms with E-state index in [0.717, 1.165) is 17.7 Å². The normalized spacial score (nSPS) is 28.6. The van der Waals surface area contributed by atoms with Crippen molar-refractivity contribution in [3.05, 3.63) is 65.7 Å². The van der Waals surface area contributed by atoms with Gasteiger partial charge in [0.25, 0.3) is 0 Å². The number of amides is 1. The summed E-state index contributed by atoms with van der Waals surface area (Å²) in [6, 6.07) is 18.2. The minimum atomic E-state index is -0.157. The van der Waals surface area contributed by atoms with Crippen LogP contribution in [-0.4, -0.2) is 12.0 Å². The van der Waals surface area contributed by atoms with Gasteiger partial charge in [0.1, 0.15) is 11.9 Å². The molecule has 22 heavy (non-hydrogen) atoms. The van der Waals surface area contributed by atoms with Crippen LogP contribution >= 0.6 is 0 Å². The maximum atomic E-state index is 12.2. The molecular weight excluding hydrogens is 276 g/mol. The molecule has 0 bridgehead atoms. The summed E-state index contributed by atoms with van der Waals surface area (Å²) in [5.74, 6) is 6.37. The molecule has 1 aliphatic heterocycles. The Kier molecular flexibility index (Phi) is 3.12. The number of hydrogen-bond acceptors (Lipinski definition) is 3. The third-order valence-electron chi connectivity index (χ3n) is 4.94. The average Bonchev–Trinajstić information content (AvgIpc) is 3.10. The number of hydrazine groups is 1. The Labute approximate surface area is 129 Å². The minimum Gasteiger partial charge on any atom is -0.489 e. The van der Waals surface area contributed by atoms with Crippen LogP contribution in [0.5, 0.6) is 5.75 Å². The van der Waals surface area contributed by atoms with Crippen LogP contribution in [0.3, 0.4) is 0 Å². The Hall–Kier alpha value is -2.33. The average molecular weight is 294 g/mol. The molecule has 1 heterocycles. The van der Waals surface area contributed by atoms with Crippen LogP contribution in [0.25, 0.3) is 0 Å². The second kappa shape index (κ2) is 5.14. The summed E-state index contributed by atoms with van der Waals surface area (Å²) in [7, 11) is 0. The van der Waals surface area contributed by atoms with Crippen LogP contribution < -0.4 is 16.0 Å². The molecule has 1 fully saturated rings. The molecule has 4 nitrogen and oxygen atoms in total. The Morgan fingerprint density at radius 1 is 1.09 bits per heavy atom. The lowest BCUT2D eigenvalue weighted by molar-refractivity contribution is -0.125. The number of hydrogen-bond donors (Lipinski definition) is 2. The topological polar surface area (TPSA) is 64.3 Å². The Balaban J connectivity index is 1.76. The molecule has 4 atom stereocenters. The SMILES string of the molecule is NNC(=O)C1CC2c3ccccc3OC2C1c1ccccc1. The molecule has 0 radical (unpaired) electrons. The van der Waals surface area contributed by atoms with Crippen molar-refractivity contribution in [1.82, 2.24) is 5.43 Å². The number of carbonyl (C=O) groups excluding carboxylic acids is 1. The van der Waals surface area contributed by atoms with E-state index in [1.54, 1.807) is 0 Å². The van der Waals surface area contributed by atoms with E-state index in [1.807, 2.05) is 36.4 Å². The number of ether oxygens (including phenoxy) is 1. The van der Waals surface area contributed by atoms with E-state index in [0.29, 0.717) is 0 Å². The highest BCUT2D eigenvalue weighted by atomic mass is 16.5. The summed E-state index contributed by atoms with van der Waals surface area (Å²) in [5, 5.41) is 0. The predicted molar refractivity (Wildman–Crippen MR) is 83.2 cm³/mol. The molecule has 0 saturated heterocycles. The van der Waals surface area contributed by atoms with Crippen molar-refractivity contribution in [2.45, 2.75) is 24.4 Å². The van der Waals surface area contributed by atoms with E-state index in [-0.39, 0.29) is 29.8 Å². The zero-order valence-corrected chi connectivity index (χ0v) is 12.1. The zero-order chi connectivity index (χ0) is 15.1. The largest absolute Gasteiger partial charge is 0.489 e. The number of para-hydroxylation sites is 1. The van der Waals surface area contributed by atoms with Gasteiger partial charge in [0.15, 0.2) is 0 Å². The monoisotopic (exact) mass is 294 g/mol. The van der Waals surface area contributed by atoms with Crippen molar-refractivity contribution in [3.8, 4) is 5.75 Å². The molecule has 0 aromatic heterocycles. The lowest BCUT2D eigenvalue weighted by Crippen LogP contribution is -2.38. The Morgan fingerprint density at radius 3 is 2.59 bits per heavy atom. The fourth-order valence-electron chi connectivity index (χ4n) is 4.01. The van der Waals surface area contributed by atoms with Gasteiger partial charge in [-0.25, -0.2) is 5.84 Å². The van der Waals surface area contributed by atoms with Gasteiger partial charge in [-0.2, -0.15) is 0 Å². The first-order valence-corrected chi connectivity index (χ1v) is 7.60. The maximum absolute atomic E-state index is 12.2. The van der Waals surface area contributed by atoms with E-state index < -0.39 is 0 Å². The summed E-state index contributed by atoms with van der Waals surface area (Å²) >= 11 is 0. The molecule has 1 amide bonds. The highest BCUT2D eigenvalue weighted by molar-refractivity contribution is 5.80. The van der Waals surface area contributed by atoms with Gasteiger partial charge in [0.2, 0.25) is 5.91 Å². The first kappa shape index (κ1) is 13.3. The van der Waals surface area contributed by atoms with Crippen molar-refractivity contribution < 1.29 is 9.53 Å². The van der Waals surface area contributed by atoms with Crippen molar-refractivity contribution in [2.24, 2.45) is 11.8 Å². The summed E-state index contributed by atoms with van der Waals surface area (Å²) in [5.41, 5.74) is 4.67. The van der Waals surface area contributed by atoms with Crippen LogP contribution in [0.1, 0.15) is 29.4 Å². The Morgan fingerprint density at radius 2 is 1.82 bits per heavy atom. The molecule has 2 aliphatic rings. The number of fused-ring (bicyclic) bond motifs is 3. The van der Waals surface area contributed by atoms with Crippen molar-refractivity contribution in [2.75, 3.05) is 0 Å². The van der Waals surface area contributed by atoms with E-state index in [9.17, 15) is 4.79 Å². The lowest BCUT2D eigenvalue weighted by Gasteiger charge is -2.23. The van der Waals surface area contributed by atoms with Gasteiger partial charge in [-0.1, -0.05) is 48.5 Å². The summed E-state index contributed by atoms with van der Waals surface area (Å²) < 4.78 is 6.20. The fraction of sp³-hybridized carbons (Fsp3) is 0.278. The van der Waals surface area contributed by atoms with Crippen molar-refractivity contribution in [1.29, 1.82) is 0 Å². The Bertz CT molecular complexity index is 701. The van der Waals surface area contributed by atoms with Crippen LogP contribution in [0.4, 0.5) is 0 Å². The lowest BCUT2D eigenvalue weighted by atomic mass is 9.87. The third kappa shape index (κ3) is 1.91. The quantitative estimate of drug-likeness (QED) is 0.507. The molecule has 112 valence electrons. The van der Waals surface area contributed by atoms with Gasteiger partial charge in [0, 0.05) is 17.4 Å². The highest BCUT2D eigenvalue weighted by Gasteiger charge is 2.52. The van der Waals surface area contributed by atoms with Gasteiger partial charge in [-0.3, -0.25) is 10.2 Å². The molecule has 1 aliphatic carbocycles. The van der Waals surface area contributed by atoms with Gasteiger partial charge >= 0.3 is 0 Å². The summed E-state index contributed by atoms with van der Waals surface area (Å²) in [6.45, 7) is 0. The minimum absolute atomic E-state index is 0.00194. The third-order valence-corrected chi connectivity index (χ3v) is 4.94. The molecule has 0 spiro atoms. The molecule has 2 aromatic carbocycles. The smallest absolute Gasteiger partial charge is 0.237 e. The van der Waals surface area contributed by atoms with E-state index in [1.165, 1.54) is 5.56 Å². The molecule has 4 unspecified atom stereocenters. The van der Waals surface area contributed by atoms with E-state index in [2.05, 4.69) is 23.6 Å². The number of benzene rings is 2. The first-order valence-electron chi connectivity index (χ1n) is 7.60. The van der Waals surface area contributed by atoms with Crippen LogP contribution in [0, 0.1) is 5.92 Å². The van der Waals surface area contributed by atoms with E-state index in [4.69, 9.17) is 10.6 Å². The second-order valence-corrected chi connectivity index (χ2v) is 6.01. The number of nitrogens with two attached hydrogens (primary N) is 1. The fourth-order valence-corrected chi connectivity index (χ4v) is 4.01. The second-order valence-electron chi connectivity index (χ2n) is 6.01. The van der Waals surface area contributed by atoms with Crippen LogP contribution in [0.2, 0.25) is 0 Å². The molecule has 4 rings (SSSR count). The molecule has 3 N–H and O–H groups in total. The molecule has 1 saturated carbocycles.